The van der Waals surface area contributed by atoms with Gasteiger partial charge in [0.05, 0.1) is 16.4 Å². The highest BCUT2D eigenvalue weighted by molar-refractivity contribution is 6.31. The molecule has 0 heterocycles. The van der Waals surface area contributed by atoms with Gasteiger partial charge in [-0.25, -0.2) is 4.39 Å². The van der Waals surface area contributed by atoms with Gasteiger partial charge in [0.1, 0.15) is 5.82 Å². The zero-order valence-corrected chi connectivity index (χ0v) is 11.3. The highest BCUT2D eigenvalue weighted by atomic mass is 35.5. The van der Waals surface area contributed by atoms with Crippen molar-refractivity contribution in [2.75, 3.05) is 11.1 Å². The highest BCUT2D eigenvalue weighted by Gasteiger charge is 2.06. The van der Waals surface area contributed by atoms with Crippen molar-refractivity contribution in [3.05, 3.63) is 65.4 Å². The Morgan fingerprint density at radius 1 is 0.950 bits per heavy atom. The first-order valence-electron chi connectivity index (χ1n) is 6.14. The van der Waals surface area contributed by atoms with Crippen molar-refractivity contribution < 1.29 is 4.39 Å². The molecule has 3 rings (SSSR count). The number of nitrogens with two attached hydrogens (primary N) is 1. The molecular formula is C16H12ClFN2. The molecule has 4 heteroatoms. The molecule has 0 atom stereocenters. The van der Waals surface area contributed by atoms with Crippen molar-refractivity contribution in [1.29, 1.82) is 0 Å². The molecule has 3 aromatic rings. The van der Waals surface area contributed by atoms with Crippen LogP contribution in [0.1, 0.15) is 0 Å². The minimum Gasteiger partial charge on any atom is -0.397 e. The quantitative estimate of drug-likeness (QED) is 0.654. The lowest BCUT2D eigenvalue weighted by Gasteiger charge is -2.11. The number of halogens is 2. The highest BCUT2D eigenvalue weighted by Crippen LogP contribution is 2.29. The van der Waals surface area contributed by atoms with E-state index in [-0.39, 0.29) is 5.02 Å². The van der Waals surface area contributed by atoms with Gasteiger partial charge in [0, 0.05) is 11.8 Å². The molecule has 0 aliphatic heterocycles. The van der Waals surface area contributed by atoms with E-state index in [1.54, 1.807) is 0 Å². The van der Waals surface area contributed by atoms with Crippen molar-refractivity contribution in [3.63, 3.8) is 0 Å². The molecule has 0 aliphatic carbocycles. The summed E-state index contributed by atoms with van der Waals surface area (Å²) in [6, 6.07) is 16.6. The van der Waals surface area contributed by atoms with E-state index in [4.69, 9.17) is 17.3 Å². The van der Waals surface area contributed by atoms with Crippen LogP contribution in [0.2, 0.25) is 5.02 Å². The zero-order chi connectivity index (χ0) is 14.1. The SMILES string of the molecule is Nc1cc(Cl)c(F)cc1Nc1ccc2ccccc2c1. The predicted molar refractivity (Wildman–Crippen MR) is 83.1 cm³/mol. The molecule has 100 valence electrons. The summed E-state index contributed by atoms with van der Waals surface area (Å²) >= 11 is 5.68. The van der Waals surface area contributed by atoms with Gasteiger partial charge in [-0.2, -0.15) is 0 Å². The summed E-state index contributed by atoms with van der Waals surface area (Å²) in [6.45, 7) is 0. The van der Waals surface area contributed by atoms with Gasteiger partial charge >= 0.3 is 0 Å². The largest absolute Gasteiger partial charge is 0.397 e. The lowest BCUT2D eigenvalue weighted by atomic mass is 10.1. The minimum absolute atomic E-state index is 0.0200. The second kappa shape index (κ2) is 5.02. The average Bonchev–Trinajstić information content (AvgIpc) is 2.44. The Balaban J connectivity index is 1.99. The third kappa shape index (κ3) is 2.40. The standard InChI is InChI=1S/C16H12ClFN2/c17-13-8-15(19)16(9-14(13)18)20-12-6-5-10-3-1-2-4-11(10)7-12/h1-9,20H,19H2. The van der Waals surface area contributed by atoms with Gasteiger partial charge in [-0.05, 0) is 29.0 Å². The monoisotopic (exact) mass is 286 g/mol. The Hall–Kier alpha value is -2.26. The predicted octanol–water partition coefficient (Wildman–Crippen LogP) is 4.96. The lowest BCUT2D eigenvalue weighted by Crippen LogP contribution is -1.97. The molecule has 0 aliphatic rings. The minimum atomic E-state index is -0.496. The Kier molecular flexibility index (Phi) is 3.20. The molecule has 0 saturated carbocycles. The second-order valence-electron chi connectivity index (χ2n) is 4.54. The molecule has 0 aromatic heterocycles. The number of fused-ring (bicyclic) bond motifs is 1. The van der Waals surface area contributed by atoms with Gasteiger partial charge in [-0.15, -0.1) is 0 Å². The fraction of sp³-hybridized carbons (Fsp3) is 0. The molecular weight excluding hydrogens is 275 g/mol. The Morgan fingerprint density at radius 3 is 2.50 bits per heavy atom. The first-order chi connectivity index (χ1) is 9.63. The molecule has 20 heavy (non-hydrogen) atoms. The van der Waals surface area contributed by atoms with Gasteiger partial charge in [-0.1, -0.05) is 41.9 Å². The topological polar surface area (TPSA) is 38.0 Å². The molecule has 2 nitrogen and oxygen atoms in total. The molecule has 0 unspecified atom stereocenters. The summed E-state index contributed by atoms with van der Waals surface area (Å²) in [5.74, 6) is -0.496. The van der Waals surface area contributed by atoms with E-state index in [1.807, 2.05) is 42.5 Å². The fourth-order valence-corrected chi connectivity index (χ4v) is 2.27. The Bertz CT molecular complexity index is 787. The van der Waals surface area contributed by atoms with Crippen molar-refractivity contribution in [3.8, 4) is 0 Å². The number of nitrogen functional groups attached to an aromatic ring is 1. The smallest absolute Gasteiger partial charge is 0.144 e. The van der Waals surface area contributed by atoms with Crippen molar-refractivity contribution in [1.82, 2.24) is 0 Å². The van der Waals surface area contributed by atoms with Crippen LogP contribution in [-0.4, -0.2) is 0 Å². The van der Waals surface area contributed by atoms with Crippen molar-refractivity contribution in [2.45, 2.75) is 0 Å². The van der Waals surface area contributed by atoms with Gasteiger partial charge in [0.25, 0.3) is 0 Å². The number of rotatable bonds is 2. The number of hydrogen-bond acceptors (Lipinski definition) is 2. The van der Waals surface area contributed by atoms with E-state index >= 15 is 0 Å². The molecule has 0 fully saturated rings. The summed E-state index contributed by atoms with van der Waals surface area (Å²) in [6.07, 6.45) is 0. The van der Waals surface area contributed by atoms with Gasteiger partial charge in [0.2, 0.25) is 0 Å². The average molecular weight is 287 g/mol. The van der Waals surface area contributed by atoms with Crippen LogP contribution >= 0.6 is 11.6 Å². The van der Waals surface area contributed by atoms with Crippen molar-refractivity contribution in [2.24, 2.45) is 0 Å². The van der Waals surface area contributed by atoms with Crippen LogP contribution < -0.4 is 11.1 Å². The number of benzene rings is 3. The van der Waals surface area contributed by atoms with Crippen LogP contribution in [0.5, 0.6) is 0 Å². The third-order valence-corrected chi connectivity index (χ3v) is 3.41. The molecule has 0 radical (unpaired) electrons. The van der Waals surface area contributed by atoms with Crippen molar-refractivity contribution >= 4 is 39.4 Å². The second-order valence-corrected chi connectivity index (χ2v) is 4.95. The number of nitrogens with one attached hydrogen (secondary N) is 1. The van der Waals surface area contributed by atoms with Gasteiger partial charge in [0.15, 0.2) is 0 Å². The van der Waals surface area contributed by atoms with Gasteiger partial charge in [-0.3, -0.25) is 0 Å². The summed E-state index contributed by atoms with van der Waals surface area (Å²) in [7, 11) is 0. The first-order valence-corrected chi connectivity index (χ1v) is 6.51. The van der Waals surface area contributed by atoms with E-state index in [9.17, 15) is 4.39 Å². The Labute approximate surface area is 121 Å². The molecule has 0 saturated heterocycles. The first kappa shape index (κ1) is 12.8. The van der Waals surface area contributed by atoms with E-state index < -0.39 is 5.82 Å². The van der Waals surface area contributed by atoms with Crippen LogP contribution in [0, 0.1) is 5.82 Å². The summed E-state index contributed by atoms with van der Waals surface area (Å²) in [5, 5.41) is 5.38. The number of anilines is 3. The maximum atomic E-state index is 13.5. The molecule has 3 N–H and O–H groups in total. The van der Waals surface area contributed by atoms with E-state index in [0.717, 1.165) is 16.5 Å². The van der Waals surface area contributed by atoms with Gasteiger partial charge < -0.3 is 11.1 Å². The molecule has 0 amide bonds. The summed E-state index contributed by atoms with van der Waals surface area (Å²) in [4.78, 5) is 0. The van der Waals surface area contributed by atoms with Crippen LogP contribution in [0.25, 0.3) is 10.8 Å². The number of hydrogen-bond donors (Lipinski definition) is 2. The maximum Gasteiger partial charge on any atom is 0.144 e. The van der Waals surface area contributed by atoms with E-state index in [0.29, 0.717) is 11.4 Å². The van der Waals surface area contributed by atoms with Crippen LogP contribution in [0.4, 0.5) is 21.5 Å². The van der Waals surface area contributed by atoms with Crippen LogP contribution in [-0.2, 0) is 0 Å². The zero-order valence-electron chi connectivity index (χ0n) is 10.5. The summed E-state index contributed by atoms with van der Waals surface area (Å²) in [5.41, 5.74) is 7.59. The fourth-order valence-electron chi connectivity index (χ4n) is 2.09. The van der Waals surface area contributed by atoms with E-state index in [2.05, 4.69) is 5.32 Å². The Morgan fingerprint density at radius 2 is 1.70 bits per heavy atom. The normalized spacial score (nSPS) is 10.7. The molecule has 0 bridgehead atoms. The lowest BCUT2D eigenvalue weighted by molar-refractivity contribution is 0.629. The van der Waals surface area contributed by atoms with E-state index in [1.165, 1.54) is 12.1 Å². The summed E-state index contributed by atoms with van der Waals surface area (Å²) < 4.78 is 13.5. The van der Waals surface area contributed by atoms with Crippen LogP contribution in [0.15, 0.2) is 54.6 Å². The molecule has 3 aromatic carbocycles. The molecule has 0 spiro atoms. The third-order valence-electron chi connectivity index (χ3n) is 3.12. The van der Waals surface area contributed by atoms with Crippen LogP contribution in [0.3, 0.4) is 0 Å². The maximum absolute atomic E-state index is 13.5.